The molecule has 22 heavy (non-hydrogen) atoms. The maximum absolute atomic E-state index is 12.1. The van der Waals surface area contributed by atoms with E-state index in [1.54, 1.807) is 0 Å². The number of ether oxygens (including phenoxy) is 3. The van der Waals surface area contributed by atoms with Gasteiger partial charge in [0.15, 0.2) is 5.79 Å². The van der Waals surface area contributed by atoms with E-state index < -0.39 is 17.7 Å². The Balaban J connectivity index is 1.63. The average Bonchev–Trinajstić information content (AvgIpc) is 3.02. The molecule has 0 aromatic rings. The molecule has 2 aliphatic carbocycles. The van der Waals surface area contributed by atoms with Crippen molar-refractivity contribution < 1.29 is 28.9 Å². The van der Waals surface area contributed by atoms with Crippen molar-refractivity contribution in [1.29, 1.82) is 0 Å². The quantitative estimate of drug-likeness (QED) is 0.738. The number of rotatable bonds is 1. The van der Waals surface area contributed by atoms with Gasteiger partial charge in [-0.05, 0) is 31.6 Å². The third-order valence-electron chi connectivity index (χ3n) is 6.18. The molecule has 2 heterocycles. The molecule has 0 bridgehead atoms. The van der Waals surface area contributed by atoms with Crippen LogP contribution in [0.3, 0.4) is 0 Å². The van der Waals surface area contributed by atoms with E-state index in [1.807, 2.05) is 6.92 Å². The number of esters is 1. The molecule has 6 atom stereocenters. The lowest BCUT2D eigenvalue weighted by atomic mass is 9.56. The molecule has 6 nitrogen and oxygen atoms in total. The molecule has 4 fully saturated rings. The first-order valence-electron chi connectivity index (χ1n) is 8.22. The highest BCUT2D eigenvalue weighted by atomic mass is 16.7. The van der Waals surface area contributed by atoms with Crippen molar-refractivity contribution in [3.05, 3.63) is 0 Å². The zero-order valence-corrected chi connectivity index (χ0v) is 12.7. The molecule has 0 radical (unpaired) electrons. The van der Waals surface area contributed by atoms with Gasteiger partial charge in [-0.3, -0.25) is 9.59 Å². The summed E-state index contributed by atoms with van der Waals surface area (Å²) in [5.74, 6) is -2.27. The molecule has 1 N–H and O–H groups in total. The van der Waals surface area contributed by atoms with Gasteiger partial charge in [0.2, 0.25) is 0 Å². The highest BCUT2D eigenvalue weighted by Gasteiger charge is 2.60. The lowest BCUT2D eigenvalue weighted by Crippen LogP contribution is -2.51. The van der Waals surface area contributed by atoms with E-state index in [2.05, 4.69) is 0 Å². The maximum atomic E-state index is 12.1. The first kappa shape index (κ1) is 14.5. The molecule has 6 heteroatoms. The van der Waals surface area contributed by atoms with E-state index in [4.69, 9.17) is 14.2 Å². The third kappa shape index (κ3) is 2.00. The maximum Gasteiger partial charge on any atom is 0.309 e. The number of cyclic esters (lactones) is 1. The van der Waals surface area contributed by atoms with E-state index in [9.17, 15) is 14.7 Å². The van der Waals surface area contributed by atoms with Gasteiger partial charge in [-0.15, -0.1) is 0 Å². The Morgan fingerprint density at radius 3 is 2.73 bits per heavy atom. The molecule has 5 unspecified atom stereocenters. The van der Waals surface area contributed by atoms with Crippen LogP contribution in [0.4, 0.5) is 0 Å². The second kappa shape index (κ2) is 4.93. The van der Waals surface area contributed by atoms with Crippen molar-refractivity contribution in [3.63, 3.8) is 0 Å². The third-order valence-corrected chi connectivity index (χ3v) is 6.18. The molecule has 2 saturated carbocycles. The minimum Gasteiger partial charge on any atom is -0.481 e. The van der Waals surface area contributed by atoms with Gasteiger partial charge < -0.3 is 19.3 Å². The number of carbonyl (C=O) groups excluding carboxylic acids is 1. The number of hydrogen-bond acceptors (Lipinski definition) is 5. The zero-order valence-electron chi connectivity index (χ0n) is 12.7. The smallest absolute Gasteiger partial charge is 0.309 e. The molecule has 2 saturated heterocycles. The number of carboxylic acids is 1. The van der Waals surface area contributed by atoms with Gasteiger partial charge >= 0.3 is 11.9 Å². The summed E-state index contributed by atoms with van der Waals surface area (Å²) in [4.78, 5) is 24.0. The molecule has 1 spiro atoms. The van der Waals surface area contributed by atoms with Gasteiger partial charge in [0.25, 0.3) is 0 Å². The first-order valence-corrected chi connectivity index (χ1v) is 8.22. The number of fused-ring (bicyclic) bond motifs is 2. The molecule has 122 valence electrons. The molecular weight excluding hydrogens is 288 g/mol. The Labute approximate surface area is 129 Å². The molecule has 2 aliphatic heterocycles. The fourth-order valence-corrected chi connectivity index (χ4v) is 5.35. The minimum absolute atomic E-state index is 0.0918. The number of carboxylic acid groups (broad SMARTS) is 1. The van der Waals surface area contributed by atoms with Crippen LogP contribution in [0, 0.1) is 29.6 Å². The van der Waals surface area contributed by atoms with Crippen LogP contribution in [-0.2, 0) is 23.8 Å². The van der Waals surface area contributed by atoms with E-state index in [1.165, 1.54) is 0 Å². The van der Waals surface area contributed by atoms with Crippen molar-refractivity contribution in [1.82, 2.24) is 0 Å². The van der Waals surface area contributed by atoms with Gasteiger partial charge in [0.1, 0.15) is 6.10 Å². The fourth-order valence-electron chi connectivity index (χ4n) is 5.35. The molecule has 0 amide bonds. The van der Waals surface area contributed by atoms with E-state index in [0.717, 1.165) is 12.8 Å². The Kier molecular flexibility index (Phi) is 3.24. The summed E-state index contributed by atoms with van der Waals surface area (Å²) in [5.41, 5.74) is 0. The second-order valence-corrected chi connectivity index (χ2v) is 7.20. The standard InChI is InChI=1S/C16H22O6/c1-8-12-11(15(19)22-8)6-9-7-16(20-4-5-21-16)3-2-10(9)13(12)14(17)18/h8-13H,2-7H2,1H3,(H,17,18)/t8-,9?,10?,11?,12?,13?/m1/s1. The molecule has 4 aliphatic rings. The van der Waals surface area contributed by atoms with E-state index in [0.29, 0.717) is 26.1 Å². The minimum atomic E-state index is -0.793. The van der Waals surface area contributed by atoms with Crippen LogP contribution in [0.25, 0.3) is 0 Å². The predicted molar refractivity (Wildman–Crippen MR) is 73.7 cm³/mol. The number of carbonyl (C=O) groups is 2. The van der Waals surface area contributed by atoms with Crippen LogP contribution >= 0.6 is 0 Å². The van der Waals surface area contributed by atoms with Gasteiger partial charge in [-0.2, -0.15) is 0 Å². The average molecular weight is 310 g/mol. The van der Waals surface area contributed by atoms with Crippen LogP contribution in [-0.4, -0.2) is 42.1 Å². The molecule has 4 rings (SSSR count). The Hall–Kier alpha value is -1.14. The summed E-state index contributed by atoms with van der Waals surface area (Å²) in [5, 5.41) is 9.76. The van der Waals surface area contributed by atoms with E-state index >= 15 is 0 Å². The second-order valence-electron chi connectivity index (χ2n) is 7.20. The molecular formula is C16H22O6. The largest absolute Gasteiger partial charge is 0.481 e. The summed E-state index contributed by atoms with van der Waals surface area (Å²) < 4.78 is 16.9. The lowest BCUT2D eigenvalue weighted by molar-refractivity contribution is -0.209. The monoisotopic (exact) mass is 310 g/mol. The lowest BCUT2D eigenvalue weighted by Gasteiger charge is -2.48. The summed E-state index contributed by atoms with van der Waals surface area (Å²) >= 11 is 0. The van der Waals surface area contributed by atoms with Crippen molar-refractivity contribution in [2.75, 3.05) is 13.2 Å². The first-order chi connectivity index (χ1) is 10.5. The van der Waals surface area contributed by atoms with Crippen LogP contribution in [0.15, 0.2) is 0 Å². The SMILES string of the molecule is C[C@H]1OC(=O)C2CC3CC4(CCC3C(C(=O)O)C21)OCCO4. The highest BCUT2D eigenvalue weighted by molar-refractivity contribution is 5.79. The molecule has 0 aromatic heterocycles. The van der Waals surface area contributed by atoms with Crippen molar-refractivity contribution in [2.45, 2.75) is 44.5 Å². The fraction of sp³-hybridized carbons (Fsp3) is 0.875. The van der Waals surface area contributed by atoms with Gasteiger partial charge in [0.05, 0.1) is 25.0 Å². The topological polar surface area (TPSA) is 82.1 Å². The van der Waals surface area contributed by atoms with E-state index in [-0.39, 0.29) is 35.7 Å². The Morgan fingerprint density at radius 2 is 2.05 bits per heavy atom. The van der Waals surface area contributed by atoms with Crippen LogP contribution < -0.4 is 0 Å². The number of hydrogen-bond donors (Lipinski definition) is 1. The summed E-state index contributed by atoms with van der Waals surface area (Å²) in [7, 11) is 0. The Morgan fingerprint density at radius 1 is 1.32 bits per heavy atom. The summed E-state index contributed by atoms with van der Waals surface area (Å²) in [6, 6.07) is 0. The van der Waals surface area contributed by atoms with Crippen LogP contribution in [0.5, 0.6) is 0 Å². The van der Waals surface area contributed by atoms with Crippen molar-refractivity contribution in [3.8, 4) is 0 Å². The number of aliphatic carboxylic acids is 1. The highest BCUT2D eigenvalue weighted by Crippen LogP contribution is 2.55. The molecule has 0 aromatic carbocycles. The summed E-state index contributed by atoms with van der Waals surface area (Å²) in [6.07, 6.45) is 2.64. The van der Waals surface area contributed by atoms with Gasteiger partial charge in [-0.1, -0.05) is 0 Å². The predicted octanol–water partition coefficient (Wildman–Crippen LogP) is 1.43. The Bertz CT molecular complexity index is 497. The van der Waals surface area contributed by atoms with Crippen molar-refractivity contribution in [2.24, 2.45) is 29.6 Å². The van der Waals surface area contributed by atoms with Crippen molar-refractivity contribution >= 4 is 11.9 Å². The van der Waals surface area contributed by atoms with Crippen LogP contribution in [0.1, 0.15) is 32.6 Å². The normalized spacial score (nSPS) is 46.1. The van der Waals surface area contributed by atoms with Gasteiger partial charge in [0, 0.05) is 18.8 Å². The summed E-state index contributed by atoms with van der Waals surface area (Å²) in [6.45, 7) is 3.03. The van der Waals surface area contributed by atoms with Crippen LogP contribution in [0.2, 0.25) is 0 Å². The van der Waals surface area contributed by atoms with Gasteiger partial charge in [-0.25, -0.2) is 0 Å². The zero-order chi connectivity index (χ0) is 15.5.